The summed E-state index contributed by atoms with van der Waals surface area (Å²) in [5.74, 6) is -0.282. The second-order valence-corrected chi connectivity index (χ2v) is 8.44. The molecule has 0 aromatic heterocycles. The van der Waals surface area contributed by atoms with Gasteiger partial charge in [0.25, 0.3) is 5.91 Å². The van der Waals surface area contributed by atoms with Gasteiger partial charge in [-0.1, -0.05) is 12.1 Å². The van der Waals surface area contributed by atoms with Crippen molar-refractivity contribution in [2.75, 3.05) is 25.6 Å². The fraction of sp³-hybridized carbons (Fsp3) is 0.261. The van der Waals surface area contributed by atoms with Crippen LogP contribution in [0.3, 0.4) is 0 Å². The third kappa shape index (κ3) is 6.84. The smallest absolute Gasteiger partial charge is 0.416 e. The molecule has 186 valence electrons. The number of aliphatic hydroxyl groups excluding tert-OH is 2. The Balaban J connectivity index is 1.76. The van der Waals surface area contributed by atoms with Crippen molar-refractivity contribution in [2.24, 2.45) is 4.99 Å². The molecule has 0 saturated carbocycles. The third-order valence-electron chi connectivity index (χ3n) is 4.93. The van der Waals surface area contributed by atoms with Gasteiger partial charge in [0.05, 0.1) is 36.8 Å². The first-order chi connectivity index (χ1) is 16.6. The van der Waals surface area contributed by atoms with Gasteiger partial charge in [0.1, 0.15) is 5.75 Å². The Bertz CT molecular complexity index is 1170. The topological polar surface area (TPSA) is 127 Å². The van der Waals surface area contributed by atoms with Gasteiger partial charge in [-0.15, -0.1) is 0 Å². The Morgan fingerprint density at radius 2 is 2.06 bits per heavy atom. The number of halogens is 3. The number of alkyl halides is 3. The summed E-state index contributed by atoms with van der Waals surface area (Å²) in [7, 11) is 1.30. The van der Waals surface area contributed by atoms with Crippen LogP contribution >= 0.6 is 11.8 Å². The van der Waals surface area contributed by atoms with Crippen molar-refractivity contribution in [1.82, 2.24) is 5.32 Å². The molecule has 1 amide bonds. The van der Waals surface area contributed by atoms with E-state index in [1.807, 2.05) is 0 Å². The molecular formula is C23H23F3N4O4S. The van der Waals surface area contributed by atoms with Crippen molar-refractivity contribution in [2.45, 2.75) is 18.8 Å². The molecule has 0 unspecified atom stereocenters. The lowest BCUT2D eigenvalue weighted by Crippen LogP contribution is -2.22. The summed E-state index contributed by atoms with van der Waals surface area (Å²) in [6.45, 7) is -0.631. The molecule has 12 heteroatoms. The largest absolute Gasteiger partial charge is 0.497 e. The van der Waals surface area contributed by atoms with Crippen LogP contribution in [0.4, 0.5) is 18.9 Å². The highest BCUT2D eigenvalue weighted by Gasteiger charge is 2.33. The molecule has 1 aliphatic heterocycles. The number of anilines is 1. The number of benzene rings is 2. The van der Waals surface area contributed by atoms with Crippen molar-refractivity contribution in [3.8, 4) is 5.75 Å². The van der Waals surface area contributed by atoms with E-state index in [0.29, 0.717) is 26.9 Å². The SMILES string of the molecule is COc1ccc(CNc2ccc(/C=C3\SC(=NC[C@@H](O)CO)NC3=O)cc2C=N)c(C(F)(F)F)c1. The molecule has 35 heavy (non-hydrogen) atoms. The molecule has 1 atom stereocenters. The molecule has 1 saturated heterocycles. The van der Waals surface area contributed by atoms with Gasteiger partial charge in [0.15, 0.2) is 5.17 Å². The van der Waals surface area contributed by atoms with Crippen LogP contribution in [-0.2, 0) is 17.5 Å². The second kappa shape index (κ2) is 11.4. The highest BCUT2D eigenvalue weighted by atomic mass is 32.2. The van der Waals surface area contributed by atoms with Crippen LogP contribution in [0.5, 0.6) is 5.75 Å². The monoisotopic (exact) mass is 508 g/mol. The van der Waals surface area contributed by atoms with Gasteiger partial charge in [-0.3, -0.25) is 9.79 Å². The summed E-state index contributed by atoms with van der Waals surface area (Å²) in [5.41, 5.74) is 0.691. The molecule has 0 bridgehead atoms. The van der Waals surface area contributed by atoms with Gasteiger partial charge in [-0.05, 0) is 53.2 Å². The van der Waals surface area contributed by atoms with E-state index in [1.165, 1.54) is 19.2 Å². The zero-order valence-electron chi connectivity index (χ0n) is 18.5. The zero-order chi connectivity index (χ0) is 25.6. The summed E-state index contributed by atoms with van der Waals surface area (Å²) in [4.78, 5) is 16.6. The average Bonchev–Trinajstić information content (AvgIpc) is 3.19. The Labute approximate surface area is 203 Å². The van der Waals surface area contributed by atoms with Crippen molar-refractivity contribution < 1.29 is 32.9 Å². The van der Waals surface area contributed by atoms with Gasteiger partial charge >= 0.3 is 6.18 Å². The molecule has 0 spiro atoms. The number of amides is 1. The van der Waals surface area contributed by atoms with Crippen LogP contribution in [0, 0.1) is 5.41 Å². The highest BCUT2D eigenvalue weighted by Crippen LogP contribution is 2.35. The van der Waals surface area contributed by atoms with Crippen LogP contribution in [0.15, 0.2) is 46.3 Å². The average molecular weight is 509 g/mol. The molecule has 1 aliphatic rings. The Hall–Kier alpha value is -3.35. The first-order valence-corrected chi connectivity index (χ1v) is 11.1. The van der Waals surface area contributed by atoms with Gasteiger partial charge in [0, 0.05) is 24.0 Å². The summed E-state index contributed by atoms with van der Waals surface area (Å²) in [5, 5.41) is 31.7. The number of carbonyl (C=O) groups excluding carboxylic acids is 1. The fourth-order valence-corrected chi connectivity index (χ4v) is 3.97. The molecule has 8 nitrogen and oxygen atoms in total. The molecule has 3 rings (SSSR count). The van der Waals surface area contributed by atoms with Gasteiger partial charge in [-0.25, -0.2) is 0 Å². The van der Waals surface area contributed by atoms with Crippen molar-refractivity contribution in [3.05, 3.63) is 63.6 Å². The van der Waals surface area contributed by atoms with E-state index in [0.717, 1.165) is 24.0 Å². The van der Waals surface area contributed by atoms with Crippen molar-refractivity contribution in [3.63, 3.8) is 0 Å². The number of amidine groups is 1. The van der Waals surface area contributed by atoms with Crippen LogP contribution < -0.4 is 15.4 Å². The number of nitrogens with zero attached hydrogens (tertiary/aromatic N) is 1. The number of thioether (sulfide) groups is 1. The minimum absolute atomic E-state index is 0.0255. The number of hydrogen-bond donors (Lipinski definition) is 5. The zero-order valence-corrected chi connectivity index (χ0v) is 19.3. The predicted molar refractivity (Wildman–Crippen MR) is 129 cm³/mol. The van der Waals surface area contributed by atoms with E-state index in [2.05, 4.69) is 15.6 Å². The van der Waals surface area contributed by atoms with E-state index in [9.17, 15) is 23.1 Å². The predicted octanol–water partition coefficient (Wildman–Crippen LogP) is 3.24. The molecule has 2 aromatic carbocycles. The molecule has 5 N–H and O–H groups in total. The van der Waals surface area contributed by atoms with E-state index >= 15 is 0 Å². The molecule has 1 heterocycles. The number of hydrogen-bond acceptors (Lipinski definition) is 8. The lowest BCUT2D eigenvalue weighted by Gasteiger charge is -2.16. The maximum absolute atomic E-state index is 13.5. The first-order valence-electron chi connectivity index (χ1n) is 10.3. The van der Waals surface area contributed by atoms with E-state index < -0.39 is 24.5 Å². The van der Waals surface area contributed by atoms with Crippen LogP contribution in [0.25, 0.3) is 6.08 Å². The number of rotatable bonds is 9. The Morgan fingerprint density at radius 1 is 1.29 bits per heavy atom. The summed E-state index contributed by atoms with van der Waals surface area (Å²) >= 11 is 1.07. The number of nitrogens with one attached hydrogen (secondary N) is 3. The van der Waals surface area contributed by atoms with Crippen LogP contribution in [0.2, 0.25) is 0 Å². The van der Waals surface area contributed by atoms with Crippen molar-refractivity contribution >= 4 is 40.8 Å². The second-order valence-electron chi connectivity index (χ2n) is 7.41. The van der Waals surface area contributed by atoms with Crippen LogP contribution in [-0.4, -0.2) is 53.9 Å². The highest BCUT2D eigenvalue weighted by molar-refractivity contribution is 8.18. The number of carbonyl (C=O) groups is 1. The lowest BCUT2D eigenvalue weighted by molar-refractivity contribution is -0.138. The summed E-state index contributed by atoms with van der Waals surface area (Å²) < 4.78 is 45.3. The Kier molecular flexibility index (Phi) is 8.54. The molecule has 2 aromatic rings. The van der Waals surface area contributed by atoms with Crippen molar-refractivity contribution in [1.29, 1.82) is 5.41 Å². The number of aliphatic hydroxyl groups is 2. The quantitative estimate of drug-likeness (QED) is 0.262. The summed E-state index contributed by atoms with van der Waals surface area (Å²) in [6.07, 6.45) is -2.92. The standard InChI is InChI=1S/C23H23F3N4O4S/c1-34-17-4-3-14(18(8-17)23(24,25)26)10-28-19-5-2-13(6-15(19)9-27)7-20-21(33)30-22(35-20)29-11-16(32)12-31/h2-9,16,27-28,31-32H,10-12H2,1H3,(H,29,30,33)/b20-7-,27-9?/t16-/m1/s1. The van der Waals surface area contributed by atoms with E-state index in [1.54, 1.807) is 24.3 Å². The minimum atomic E-state index is -4.55. The number of ether oxygens (including phenoxy) is 1. The number of methoxy groups -OCH3 is 1. The third-order valence-corrected chi connectivity index (χ3v) is 5.88. The molecule has 1 fully saturated rings. The maximum Gasteiger partial charge on any atom is 0.416 e. The van der Waals surface area contributed by atoms with E-state index in [4.69, 9.17) is 15.3 Å². The lowest BCUT2D eigenvalue weighted by atomic mass is 10.1. The maximum atomic E-state index is 13.5. The van der Waals surface area contributed by atoms with Gasteiger partial charge < -0.3 is 31.0 Å². The summed E-state index contributed by atoms with van der Waals surface area (Å²) in [6, 6.07) is 8.64. The number of aliphatic imine (C=N–C) groups is 1. The van der Waals surface area contributed by atoms with E-state index in [-0.39, 0.29) is 30.3 Å². The molecule has 0 aliphatic carbocycles. The molecular weight excluding hydrogens is 485 g/mol. The van der Waals surface area contributed by atoms with Gasteiger partial charge in [-0.2, -0.15) is 13.2 Å². The Morgan fingerprint density at radius 3 is 2.71 bits per heavy atom. The molecule has 0 radical (unpaired) electrons. The normalized spacial score (nSPS) is 16.9. The fourth-order valence-electron chi connectivity index (χ4n) is 3.14. The van der Waals surface area contributed by atoms with Gasteiger partial charge in [0.2, 0.25) is 0 Å². The first kappa shape index (κ1) is 26.3. The minimum Gasteiger partial charge on any atom is -0.497 e. The van der Waals surface area contributed by atoms with Crippen LogP contribution in [0.1, 0.15) is 22.3 Å².